The number of aryl methyl sites for hydroxylation is 3. The molecule has 0 N–H and O–H groups in total. The number of anilines is 1. The molecule has 3 heterocycles. The lowest BCUT2D eigenvalue weighted by Gasteiger charge is -2.24. The van der Waals surface area contributed by atoms with Crippen LogP contribution in [-0.4, -0.2) is 56.7 Å². The molecule has 1 saturated carbocycles. The van der Waals surface area contributed by atoms with Crippen LogP contribution < -0.4 is 4.90 Å². The van der Waals surface area contributed by atoms with E-state index in [1.54, 1.807) is 0 Å². The van der Waals surface area contributed by atoms with Crippen molar-refractivity contribution in [3.63, 3.8) is 0 Å². The summed E-state index contributed by atoms with van der Waals surface area (Å²) in [6, 6.07) is 8.37. The number of aromatic nitrogens is 4. The highest BCUT2D eigenvalue weighted by Gasteiger charge is 2.34. The molecule has 2 fully saturated rings. The molecular weight excluding hydrogens is 388 g/mol. The number of nitrogens with zero attached hydrogens (tertiary/aromatic N) is 6. The van der Waals surface area contributed by atoms with Crippen molar-refractivity contribution in [2.24, 2.45) is 5.92 Å². The largest absolute Gasteiger partial charge is 0.354 e. The molecule has 162 valence electrons. The smallest absolute Gasteiger partial charge is 0.225 e. The first-order valence-corrected chi connectivity index (χ1v) is 11.4. The van der Waals surface area contributed by atoms with E-state index in [0.29, 0.717) is 5.91 Å². The topological polar surface area (TPSA) is 67.2 Å². The third-order valence-electron chi connectivity index (χ3n) is 6.36. The van der Waals surface area contributed by atoms with Gasteiger partial charge in [0.05, 0.1) is 16.8 Å². The Morgan fingerprint density at radius 3 is 2.52 bits per heavy atom. The standard InChI is InChI=1S/C24H30N6O/c1-4-20-25-22(28-12-5-13-29(15-14-28)24(31)18-8-9-18)21-17(3)27-30(23(21)26-20)19-10-6-16(2)7-11-19/h6-7,10-11,18H,4-5,8-9,12-15H2,1-3H3. The van der Waals surface area contributed by atoms with E-state index in [1.165, 1.54) is 5.56 Å². The van der Waals surface area contributed by atoms with Gasteiger partial charge in [-0.1, -0.05) is 24.6 Å². The van der Waals surface area contributed by atoms with Gasteiger partial charge in [-0.3, -0.25) is 4.79 Å². The summed E-state index contributed by atoms with van der Waals surface area (Å²) in [4.78, 5) is 26.8. The van der Waals surface area contributed by atoms with E-state index < -0.39 is 0 Å². The molecule has 0 atom stereocenters. The summed E-state index contributed by atoms with van der Waals surface area (Å²) in [7, 11) is 0. The summed E-state index contributed by atoms with van der Waals surface area (Å²) in [5.41, 5.74) is 4.02. The van der Waals surface area contributed by atoms with Crippen LogP contribution in [0.2, 0.25) is 0 Å². The second kappa shape index (κ2) is 7.94. The van der Waals surface area contributed by atoms with E-state index in [9.17, 15) is 4.79 Å². The third kappa shape index (κ3) is 3.77. The fraction of sp³-hybridized carbons (Fsp3) is 0.500. The minimum atomic E-state index is 0.277. The molecule has 3 aromatic rings. The van der Waals surface area contributed by atoms with Gasteiger partial charge in [0.1, 0.15) is 11.6 Å². The van der Waals surface area contributed by atoms with Crippen molar-refractivity contribution in [3.8, 4) is 5.69 Å². The lowest BCUT2D eigenvalue weighted by Crippen LogP contribution is -2.36. The zero-order valence-electron chi connectivity index (χ0n) is 18.6. The van der Waals surface area contributed by atoms with Crippen LogP contribution in [0.4, 0.5) is 5.82 Å². The summed E-state index contributed by atoms with van der Waals surface area (Å²) >= 11 is 0. The second-order valence-corrected chi connectivity index (χ2v) is 8.79. The Bertz CT molecular complexity index is 1120. The van der Waals surface area contributed by atoms with Crippen molar-refractivity contribution in [1.29, 1.82) is 0 Å². The van der Waals surface area contributed by atoms with Gasteiger partial charge in [-0.2, -0.15) is 5.10 Å². The van der Waals surface area contributed by atoms with Crippen LogP contribution in [0, 0.1) is 19.8 Å². The molecule has 2 aliphatic rings. The van der Waals surface area contributed by atoms with Crippen molar-refractivity contribution < 1.29 is 4.79 Å². The summed E-state index contributed by atoms with van der Waals surface area (Å²) in [5.74, 6) is 2.40. The molecular formula is C24H30N6O. The van der Waals surface area contributed by atoms with Gasteiger partial charge in [-0.05, 0) is 45.2 Å². The number of fused-ring (bicyclic) bond motifs is 1. The maximum Gasteiger partial charge on any atom is 0.225 e. The lowest BCUT2D eigenvalue weighted by atomic mass is 10.2. The van der Waals surface area contributed by atoms with Crippen molar-refractivity contribution in [1.82, 2.24) is 24.6 Å². The number of benzene rings is 1. The predicted octanol–water partition coefficient (Wildman–Crippen LogP) is 3.44. The van der Waals surface area contributed by atoms with Gasteiger partial charge >= 0.3 is 0 Å². The predicted molar refractivity (Wildman–Crippen MR) is 122 cm³/mol. The van der Waals surface area contributed by atoms with Crippen molar-refractivity contribution in [2.45, 2.75) is 46.5 Å². The molecule has 1 aliphatic carbocycles. The molecule has 0 unspecified atom stereocenters. The normalized spacial score (nSPS) is 17.3. The fourth-order valence-corrected chi connectivity index (χ4v) is 4.40. The molecule has 0 bridgehead atoms. The monoisotopic (exact) mass is 418 g/mol. The Hall–Kier alpha value is -2.96. The fourth-order valence-electron chi connectivity index (χ4n) is 4.40. The first-order chi connectivity index (χ1) is 15.0. The van der Waals surface area contributed by atoms with Crippen LogP contribution in [0.25, 0.3) is 16.7 Å². The molecule has 31 heavy (non-hydrogen) atoms. The summed E-state index contributed by atoms with van der Waals surface area (Å²) in [6.45, 7) is 9.48. The third-order valence-corrected chi connectivity index (χ3v) is 6.36. The number of amides is 1. The molecule has 7 nitrogen and oxygen atoms in total. The summed E-state index contributed by atoms with van der Waals surface area (Å²) in [6.07, 6.45) is 3.84. The van der Waals surface area contributed by atoms with Gasteiger partial charge < -0.3 is 9.80 Å². The van der Waals surface area contributed by atoms with Crippen molar-refractivity contribution in [3.05, 3.63) is 41.3 Å². The number of hydrogen-bond donors (Lipinski definition) is 0. The Labute approximate surface area is 183 Å². The van der Waals surface area contributed by atoms with E-state index >= 15 is 0 Å². The summed E-state index contributed by atoms with van der Waals surface area (Å²) < 4.78 is 1.94. The highest BCUT2D eigenvalue weighted by molar-refractivity contribution is 5.91. The van der Waals surface area contributed by atoms with E-state index in [-0.39, 0.29) is 5.92 Å². The Kier molecular flexibility index (Phi) is 5.12. The van der Waals surface area contributed by atoms with Crippen LogP contribution in [0.15, 0.2) is 24.3 Å². The molecule has 5 rings (SSSR count). The Morgan fingerprint density at radius 1 is 1.03 bits per heavy atom. The molecule has 1 saturated heterocycles. The summed E-state index contributed by atoms with van der Waals surface area (Å²) in [5, 5.41) is 5.86. The Morgan fingerprint density at radius 2 is 1.81 bits per heavy atom. The number of carbonyl (C=O) groups excluding carboxylic acids is 1. The average Bonchev–Trinajstić information content (AvgIpc) is 3.60. The molecule has 0 spiro atoms. The van der Waals surface area contributed by atoms with Crippen LogP contribution in [0.3, 0.4) is 0 Å². The maximum atomic E-state index is 12.6. The average molecular weight is 419 g/mol. The lowest BCUT2D eigenvalue weighted by molar-refractivity contribution is -0.132. The van der Waals surface area contributed by atoms with E-state index in [2.05, 4.69) is 47.9 Å². The first kappa shape index (κ1) is 20.0. The van der Waals surface area contributed by atoms with Gasteiger partial charge in [-0.15, -0.1) is 0 Å². The highest BCUT2D eigenvalue weighted by atomic mass is 16.2. The molecule has 1 aliphatic heterocycles. The molecule has 7 heteroatoms. The van der Waals surface area contributed by atoms with Crippen LogP contribution in [-0.2, 0) is 11.2 Å². The SMILES string of the molecule is CCc1nc(N2CCCN(C(=O)C3CC3)CC2)c2c(C)nn(-c3ccc(C)cc3)c2n1. The molecule has 1 aromatic carbocycles. The number of rotatable bonds is 4. The van der Waals surface area contributed by atoms with E-state index in [4.69, 9.17) is 15.1 Å². The second-order valence-electron chi connectivity index (χ2n) is 8.79. The maximum absolute atomic E-state index is 12.6. The minimum Gasteiger partial charge on any atom is -0.354 e. The van der Waals surface area contributed by atoms with E-state index in [0.717, 1.165) is 85.9 Å². The van der Waals surface area contributed by atoms with Crippen molar-refractivity contribution >= 4 is 22.8 Å². The van der Waals surface area contributed by atoms with E-state index in [1.807, 2.05) is 11.6 Å². The van der Waals surface area contributed by atoms with Gasteiger partial charge in [0.2, 0.25) is 5.91 Å². The van der Waals surface area contributed by atoms with Gasteiger partial charge in [0.15, 0.2) is 5.65 Å². The Balaban J connectivity index is 1.53. The number of carbonyl (C=O) groups is 1. The van der Waals surface area contributed by atoms with Crippen molar-refractivity contribution in [2.75, 3.05) is 31.1 Å². The quantitative estimate of drug-likeness (QED) is 0.649. The van der Waals surface area contributed by atoms with Crippen LogP contribution in [0.5, 0.6) is 0 Å². The van der Waals surface area contributed by atoms with Gasteiger partial charge in [0.25, 0.3) is 0 Å². The molecule has 0 radical (unpaired) electrons. The van der Waals surface area contributed by atoms with Gasteiger partial charge in [-0.25, -0.2) is 14.6 Å². The van der Waals surface area contributed by atoms with Gasteiger partial charge in [0, 0.05) is 38.5 Å². The minimum absolute atomic E-state index is 0.277. The molecule has 2 aromatic heterocycles. The first-order valence-electron chi connectivity index (χ1n) is 11.4. The zero-order chi connectivity index (χ0) is 21.5. The highest BCUT2D eigenvalue weighted by Crippen LogP contribution is 2.33. The number of hydrogen-bond acceptors (Lipinski definition) is 5. The molecule has 1 amide bonds. The zero-order valence-corrected chi connectivity index (χ0v) is 18.6. The van der Waals surface area contributed by atoms with Crippen LogP contribution in [0.1, 0.15) is 43.3 Å². The van der Waals surface area contributed by atoms with Crippen LogP contribution >= 0.6 is 0 Å².